The molecule has 22 heavy (non-hydrogen) atoms. The molecule has 0 aliphatic rings. The Morgan fingerprint density at radius 1 is 1.36 bits per heavy atom. The molecule has 0 aliphatic carbocycles. The van der Waals surface area contributed by atoms with Crippen LogP contribution in [0.4, 0.5) is 0 Å². The molecule has 7 nitrogen and oxygen atoms in total. The molecule has 1 aromatic carbocycles. The molecule has 1 heterocycles. The predicted molar refractivity (Wildman–Crippen MR) is 82.2 cm³/mol. The Bertz CT molecular complexity index is 809. The number of carboxylic acids is 1. The van der Waals surface area contributed by atoms with E-state index in [2.05, 4.69) is 4.98 Å². The Hall–Kier alpha value is -1.93. The number of rotatable bonds is 6. The van der Waals surface area contributed by atoms with Crippen molar-refractivity contribution in [1.82, 2.24) is 13.9 Å². The number of carboxylic acid groups (broad SMARTS) is 1. The lowest BCUT2D eigenvalue weighted by Crippen LogP contribution is -2.22. The standard InChI is InChI=1S/C14H19N3O4S/c1-4-17-12-6-5-10(22(20,21)16(2)3)9-11(12)15-13(17)7-8-14(18)19/h5-6,9H,4,7-8H2,1-3H3,(H,18,19). The minimum absolute atomic E-state index is 0.00776. The van der Waals surface area contributed by atoms with Gasteiger partial charge < -0.3 is 9.67 Å². The van der Waals surface area contributed by atoms with Crippen molar-refractivity contribution in [3.05, 3.63) is 24.0 Å². The first kappa shape index (κ1) is 16.4. The van der Waals surface area contributed by atoms with Gasteiger partial charge in [0.05, 0.1) is 22.3 Å². The largest absolute Gasteiger partial charge is 0.481 e. The smallest absolute Gasteiger partial charge is 0.303 e. The molecule has 0 aliphatic heterocycles. The van der Waals surface area contributed by atoms with Gasteiger partial charge in [-0.3, -0.25) is 4.79 Å². The van der Waals surface area contributed by atoms with Crippen molar-refractivity contribution in [3.63, 3.8) is 0 Å². The number of aliphatic carboxylic acids is 1. The highest BCUT2D eigenvalue weighted by atomic mass is 32.2. The molecular weight excluding hydrogens is 306 g/mol. The van der Waals surface area contributed by atoms with Crippen LogP contribution < -0.4 is 0 Å². The first-order valence-electron chi connectivity index (χ1n) is 6.91. The lowest BCUT2D eigenvalue weighted by molar-refractivity contribution is -0.137. The van der Waals surface area contributed by atoms with Crippen LogP contribution in [0.1, 0.15) is 19.2 Å². The van der Waals surface area contributed by atoms with Crippen LogP contribution in [0.15, 0.2) is 23.1 Å². The van der Waals surface area contributed by atoms with E-state index in [-0.39, 0.29) is 11.3 Å². The third kappa shape index (κ3) is 2.97. The number of benzene rings is 1. The van der Waals surface area contributed by atoms with Gasteiger partial charge in [0, 0.05) is 27.1 Å². The van der Waals surface area contributed by atoms with Crippen LogP contribution in [0.5, 0.6) is 0 Å². The molecule has 1 N–H and O–H groups in total. The summed E-state index contributed by atoms with van der Waals surface area (Å²) in [4.78, 5) is 15.3. The van der Waals surface area contributed by atoms with Crippen molar-refractivity contribution < 1.29 is 18.3 Å². The average Bonchev–Trinajstić information content (AvgIpc) is 2.81. The highest BCUT2D eigenvalue weighted by Crippen LogP contribution is 2.22. The van der Waals surface area contributed by atoms with Gasteiger partial charge in [-0.15, -0.1) is 0 Å². The SMILES string of the molecule is CCn1c(CCC(=O)O)nc2cc(S(=O)(=O)N(C)C)ccc21. The van der Waals surface area contributed by atoms with E-state index in [1.165, 1.54) is 20.2 Å². The Morgan fingerprint density at radius 3 is 2.59 bits per heavy atom. The zero-order valence-electron chi connectivity index (χ0n) is 12.8. The molecule has 0 saturated heterocycles. The van der Waals surface area contributed by atoms with E-state index in [9.17, 15) is 13.2 Å². The minimum atomic E-state index is -3.51. The van der Waals surface area contributed by atoms with E-state index in [4.69, 9.17) is 5.11 Å². The summed E-state index contributed by atoms with van der Waals surface area (Å²) in [6, 6.07) is 4.79. The van der Waals surface area contributed by atoms with Crippen molar-refractivity contribution in [1.29, 1.82) is 0 Å². The number of hydrogen-bond donors (Lipinski definition) is 1. The van der Waals surface area contributed by atoms with Crippen LogP contribution in [0.3, 0.4) is 0 Å². The van der Waals surface area contributed by atoms with Gasteiger partial charge in [0.1, 0.15) is 5.82 Å². The molecule has 8 heteroatoms. The second kappa shape index (κ2) is 6.05. The minimum Gasteiger partial charge on any atom is -0.481 e. The van der Waals surface area contributed by atoms with Crippen LogP contribution >= 0.6 is 0 Å². The quantitative estimate of drug-likeness (QED) is 0.865. The van der Waals surface area contributed by atoms with Gasteiger partial charge in [-0.2, -0.15) is 0 Å². The molecule has 0 bridgehead atoms. The number of imidazole rings is 1. The molecule has 0 spiro atoms. The number of nitrogens with zero attached hydrogens (tertiary/aromatic N) is 3. The van der Waals surface area contributed by atoms with E-state index in [0.717, 1.165) is 9.82 Å². The highest BCUT2D eigenvalue weighted by molar-refractivity contribution is 7.89. The Balaban J connectivity index is 2.52. The zero-order chi connectivity index (χ0) is 16.5. The molecule has 0 atom stereocenters. The third-order valence-electron chi connectivity index (χ3n) is 3.46. The van der Waals surface area contributed by atoms with Crippen molar-refractivity contribution in [2.24, 2.45) is 0 Å². The van der Waals surface area contributed by atoms with Crippen LogP contribution in [0.25, 0.3) is 11.0 Å². The van der Waals surface area contributed by atoms with E-state index >= 15 is 0 Å². The molecule has 1 aromatic heterocycles. The summed E-state index contributed by atoms with van der Waals surface area (Å²) in [5, 5.41) is 8.80. The van der Waals surface area contributed by atoms with Crippen LogP contribution in [-0.4, -0.2) is 47.4 Å². The van der Waals surface area contributed by atoms with Gasteiger partial charge in [-0.05, 0) is 25.1 Å². The summed E-state index contributed by atoms with van der Waals surface area (Å²) in [7, 11) is -0.565. The van der Waals surface area contributed by atoms with E-state index in [1.54, 1.807) is 12.1 Å². The van der Waals surface area contributed by atoms with E-state index in [1.807, 2.05) is 11.5 Å². The maximum Gasteiger partial charge on any atom is 0.303 e. The number of hydrogen-bond acceptors (Lipinski definition) is 4. The summed E-state index contributed by atoms with van der Waals surface area (Å²) in [6.07, 6.45) is 0.305. The van der Waals surface area contributed by atoms with Crippen molar-refractivity contribution >= 4 is 27.0 Å². The molecular formula is C14H19N3O4S. The summed E-state index contributed by atoms with van der Waals surface area (Å²) >= 11 is 0. The fraction of sp³-hybridized carbons (Fsp3) is 0.429. The van der Waals surface area contributed by atoms with Gasteiger partial charge in [-0.1, -0.05) is 0 Å². The summed E-state index contributed by atoms with van der Waals surface area (Å²) in [5.74, 6) is -0.232. The normalized spacial score (nSPS) is 12.2. The van der Waals surface area contributed by atoms with Gasteiger partial charge >= 0.3 is 5.97 Å². The number of aromatic nitrogens is 2. The van der Waals surface area contributed by atoms with Crippen molar-refractivity contribution in [3.8, 4) is 0 Å². The van der Waals surface area contributed by atoms with Crippen LogP contribution in [0.2, 0.25) is 0 Å². The lowest BCUT2D eigenvalue weighted by atomic mass is 10.3. The maximum absolute atomic E-state index is 12.2. The first-order chi connectivity index (χ1) is 10.3. The zero-order valence-corrected chi connectivity index (χ0v) is 13.6. The molecule has 0 amide bonds. The van der Waals surface area contributed by atoms with Gasteiger partial charge in [-0.25, -0.2) is 17.7 Å². The summed E-state index contributed by atoms with van der Waals surface area (Å²) < 4.78 is 27.4. The molecule has 2 aromatic rings. The van der Waals surface area contributed by atoms with Gasteiger partial charge in [0.15, 0.2) is 0 Å². The van der Waals surface area contributed by atoms with Gasteiger partial charge in [0.2, 0.25) is 10.0 Å². The maximum atomic E-state index is 12.2. The molecule has 0 fully saturated rings. The van der Waals surface area contributed by atoms with Crippen molar-refractivity contribution in [2.75, 3.05) is 14.1 Å². The molecule has 2 rings (SSSR count). The topological polar surface area (TPSA) is 92.5 Å². The van der Waals surface area contributed by atoms with Crippen molar-refractivity contribution in [2.45, 2.75) is 31.2 Å². The van der Waals surface area contributed by atoms with Crippen LogP contribution in [-0.2, 0) is 27.8 Å². The van der Waals surface area contributed by atoms with E-state index in [0.29, 0.717) is 24.3 Å². The number of carbonyl (C=O) groups is 1. The average molecular weight is 325 g/mol. The monoisotopic (exact) mass is 325 g/mol. The Labute approximate surface area is 129 Å². The summed E-state index contributed by atoms with van der Waals surface area (Å²) in [6.45, 7) is 2.58. The Morgan fingerprint density at radius 2 is 2.05 bits per heavy atom. The number of aryl methyl sites for hydroxylation is 2. The second-order valence-electron chi connectivity index (χ2n) is 5.10. The third-order valence-corrected chi connectivity index (χ3v) is 5.27. The molecule has 0 unspecified atom stereocenters. The highest BCUT2D eigenvalue weighted by Gasteiger charge is 2.19. The molecule has 120 valence electrons. The molecule has 0 saturated carbocycles. The summed E-state index contributed by atoms with van der Waals surface area (Å²) in [5.41, 5.74) is 1.37. The van der Waals surface area contributed by atoms with Gasteiger partial charge in [0.25, 0.3) is 0 Å². The Kier molecular flexibility index (Phi) is 4.52. The fourth-order valence-corrected chi connectivity index (χ4v) is 3.22. The predicted octanol–water partition coefficient (Wildman–Crippen LogP) is 1.32. The molecule has 0 radical (unpaired) electrons. The fourth-order valence-electron chi connectivity index (χ4n) is 2.29. The van der Waals surface area contributed by atoms with Crippen LogP contribution in [0, 0.1) is 0 Å². The number of fused-ring (bicyclic) bond motifs is 1. The lowest BCUT2D eigenvalue weighted by Gasteiger charge is -2.11. The number of sulfonamides is 1. The first-order valence-corrected chi connectivity index (χ1v) is 8.35. The second-order valence-corrected chi connectivity index (χ2v) is 7.26. The van der Waals surface area contributed by atoms with E-state index < -0.39 is 16.0 Å².